The van der Waals surface area contributed by atoms with E-state index in [4.69, 9.17) is 10.8 Å². The van der Waals surface area contributed by atoms with E-state index in [1.165, 1.54) is 0 Å². The Balaban J connectivity index is 2.56. The van der Waals surface area contributed by atoms with Gasteiger partial charge in [-0.15, -0.1) is 0 Å². The molecule has 0 saturated carbocycles. The molecule has 0 heterocycles. The fourth-order valence-electron chi connectivity index (χ4n) is 1.73. The first kappa shape index (κ1) is 14.7. The van der Waals surface area contributed by atoms with Gasteiger partial charge in [0.05, 0.1) is 6.61 Å². The SMILES string of the molecule is CC(N)CCC(=O)N(CCO)Cc1ccccc1. The molecule has 0 aliphatic rings. The number of aliphatic hydroxyl groups excluding tert-OH is 1. The molecule has 1 aromatic carbocycles. The highest BCUT2D eigenvalue weighted by molar-refractivity contribution is 5.76. The lowest BCUT2D eigenvalue weighted by molar-refractivity contribution is -0.132. The molecule has 100 valence electrons. The van der Waals surface area contributed by atoms with Crippen molar-refractivity contribution >= 4 is 5.91 Å². The average Bonchev–Trinajstić information content (AvgIpc) is 2.36. The van der Waals surface area contributed by atoms with Gasteiger partial charge in [-0.25, -0.2) is 0 Å². The lowest BCUT2D eigenvalue weighted by atomic mass is 10.1. The first-order valence-corrected chi connectivity index (χ1v) is 6.31. The maximum atomic E-state index is 12.0. The summed E-state index contributed by atoms with van der Waals surface area (Å²) in [5, 5.41) is 9.02. The molecule has 1 atom stereocenters. The second-order valence-corrected chi connectivity index (χ2v) is 4.54. The molecule has 4 heteroatoms. The number of rotatable bonds is 7. The highest BCUT2D eigenvalue weighted by atomic mass is 16.3. The Labute approximate surface area is 108 Å². The van der Waals surface area contributed by atoms with Crippen LogP contribution in [0.15, 0.2) is 30.3 Å². The molecule has 18 heavy (non-hydrogen) atoms. The second-order valence-electron chi connectivity index (χ2n) is 4.54. The summed E-state index contributed by atoms with van der Waals surface area (Å²) in [6.07, 6.45) is 1.11. The van der Waals surface area contributed by atoms with Crippen molar-refractivity contribution in [1.29, 1.82) is 0 Å². The highest BCUT2D eigenvalue weighted by Crippen LogP contribution is 2.07. The fourth-order valence-corrected chi connectivity index (χ4v) is 1.73. The van der Waals surface area contributed by atoms with Crippen molar-refractivity contribution in [2.45, 2.75) is 32.4 Å². The van der Waals surface area contributed by atoms with Crippen LogP contribution in [0.2, 0.25) is 0 Å². The maximum Gasteiger partial charge on any atom is 0.223 e. The van der Waals surface area contributed by atoms with Crippen molar-refractivity contribution < 1.29 is 9.90 Å². The molecular weight excluding hydrogens is 228 g/mol. The summed E-state index contributed by atoms with van der Waals surface area (Å²) in [5.74, 6) is 0.0465. The topological polar surface area (TPSA) is 66.6 Å². The van der Waals surface area contributed by atoms with Crippen molar-refractivity contribution in [3.05, 3.63) is 35.9 Å². The van der Waals surface area contributed by atoms with Crippen LogP contribution in [-0.4, -0.2) is 35.1 Å². The molecule has 1 aromatic rings. The number of nitrogens with two attached hydrogens (primary N) is 1. The molecule has 0 spiro atoms. The van der Waals surface area contributed by atoms with E-state index in [2.05, 4.69) is 0 Å². The largest absolute Gasteiger partial charge is 0.395 e. The normalized spacial score (nSPS) is 12.2. The molecule has 1 unspecified atom stereocenters. The summed E-state index contributed by atoms with van der Waals surface area (Å²) >= 11 is 0. The van der Waals surface area contributed by atoms with E-state index in [9.17, 15) is 4.79 Å². The van der Waals surface area contributed by atoms with Crippen LogP contribution in [0.4, 0.5) is 0 Å². The minimum atomic E-state index is -0.0171. The van der Waals surface area contributed by atoms with Crippen LogP contribution in [0.1, 0.15) is 25.3 Å². The van der Waals surface area contributed by atoms with Crippen molar-refractivity contribution in [2.75, 3.05) is 13.2 Å². The molecule has 0 bridgehead atoms. The van der Waals surface area contributed by atoms with Crippen LogP contribution in [0.25, 0.3) is 0 Å². The number of nitrogens with zero attached hydrogens (tertiary/aromatic N) is 1. The van der Waals surface area contributed by atoms with Crippen LogP contribution in [0.3, 0.4) is 0 Å². The van der Waals surface area contributed by atoms with E-state index in [1.807, 2.05) is 37.3 Å². The summed E-state index contributed by atoms with van der Waals surface area (Å²) < 4.78 is 0. The van der Waals surface area contributed by atoms with Gasteiger partial charge in [0.15, 0.2) is 0 Å². The van der Waals surface area contributed by atoms with Gasteiger partial charge in [0.1, 0.15) is 0 Å². The Morgan fingerprint density at radius 3 is 2.61 bits per heavy atom. The van der Waals surface area contributed by atoms with Crippen molar-refractivity contribution in [2.24, 2.45) is 5.73 Å². The van der Waals surface area contributed by atoms with E-state index >= 15 is 0 Å². The van der Waals surface area contributed by atoms with E-state index < -0.39 is 0 Å². The molecule has 0 aliphatic carbocycles. The highest BCUT2D eigenvalue weighted by Gasteiger charge is 2.13. The van der Waals surface area contributed by atoms with E-state index in [0.717, 1.165) is 5.56 Å². The third-order valence-corrected chi connectivity index (χ3v) is 2.75. The molecule has 1 amide bonds. The predicted octanol–water partition coefficient (Wildman–Crippen LogP) is 1.13. The molecule has 4 nitrogen and oxygen atoms in total. The summed E-state index contributed by atoms with van der Waals surface area (Å²) in [4.78, 5) is 13.7. The maximum absolute atomic E-state index is 12.0. The van der Waals surface area contributed by atoms with Gasteiger partial charge in [0.2, 0.25) is 5.91 Å². The van der Waals surface area contributed by atoms with Crippen LogP contribution >= 0.6 is 0 Å². The zero-order valence-corrected chi connectivity index (χ0v) is 10.9. The van der Waals surface area contributed by atoms with Crippen LogP contribution < -0.4 is 5.73 Å². The minimum Gasteiger partial charge on any atom is -0.395 e. The predicted molar refractivity (Wildman–Crippen MR) is 71.8 cm³/mol. The number of carbonyl (C=O) groups excluding carboxylic acids is 1. The second kappa shape index (κ2) is 7.84. The first-order chi connectivity index (χ1) is 8.63. The van der Waals surface area contributed by atoms with E-state index in [1.54, 1.807) is 4.90 Å². The Morgan fingerprint density at radius 2 is 2.06 bits per heavy atom. The molecule has 3 N–H and O–H groups in total. The average molecular weight is 250 g/mol. The quantitative estimate of drug-likeness (QED) is 0.762. The molecule has 1 rings (SSSR count). The summed E-state index contributed by atoms with van der Waals surface area (Å²) in [7, 11) is 0. The van der Waals surface area contributed by atoms with Gasteiger partial charge in [-0.3, -0.25) is 4.79 Å². The van der Waals surface area contributed by atoms with Crippen molar-refractivity contribution in [3.63, 3.8) is 0 Å². The number of hydrogen-bond donors (Lipinski definition) is 2. The molecule has 0 saturated heterocycles. The smallest absolute Gasteiger partial charge is 0.223 e. The Hall–Kier alpha value is -1.39. The molecule has 0 aromatic heterocycles. The van der Waals surface area contributed by atoms with Crippen LogP contribution in [0, 0.1) is 0 Å². The monoisotopic (exact) mass is 250 g/mol. The number of carbonyl (C=O) groups is 1. The third-order valence-electron chi connectivity index (χ3n) is 2.75. The molecule has 0 radical (unpaired) electrons. The molecular formula is C14H22N2O2. The number of amides is 1. The van der Waals surface area contributed by atoms with E-state index in [-0.39, 0.29) is 18.6 Å². The molecule has 0 fully saturated rings. The zero-order valence-electron chi connectivity index (χ0n) is 10.9. The Morgan fingerprint density at radius 1 is 1.39 bits per heavy atom. The molecule has 0 aliphatic heterocycles. The van der Waals surface area contributed by atoms with Gasteiger partial charge < -0.3 is 15.7 Å². The van der Waals surface area contributed by atoms with Gasteiger partial charge in [-0.1, -0.05) is 30.3 Å². The van der Waals surface area contributed by atoms with Gasteiger partial charge in [0.25, 0.3) is 0 Å². The van der Waals surface area contributed by atoms with Gasteiger partial charge >= 0.3 is 0 Å². The lowest BCUT2D eigenvalue weighted by Crippen LogP contribution is -2.33. The number of aliphatic hydroxyl groups is 1. The Kier molecular flexibility index (Phi) is 6.39. The first-order valence-electron chi connectivity index (χ1n) is 6.31. The standard InChI is InChI=1S/C14H22N2O2/c1-12(15)7-8-14(18)16(9-10-17)11-13-5-3-2-4-6-13/h2-6,12,17H,7-11,15H2,1H3. The summed E-state index contributed by atoms with van der Waals surface area (Å²) in [6, 6.07) is 9.81. The van der Waals surface area contributed by atoms with Gasteiger partial charge in [-0.2, -0.15) is 0 Å². The minimum absolute atomic E-state index is 0.0171. The van der Waals surface area contributed by atoms with Gasteiger partial charge in [0, 0.05) is 25.6 Å². The van der Waals surface area contributed by atoms with Crippen LogP contribution in [-0.2, 0) is 11.3 Å². The summed E-state index contributed by atoms with van der Waals surface area (Å²) in [5.41, 5.74) is 6.72. The van der Waals surface area contributed by atoms with Crippen molar-refractivity contribution in [3.8, 4) is 0 Å². The fraction of sp³-hybridized carbons (Fsp3) is 0.500. The van der Waals surface area contributed by atoms with Crippen LogP contribution in [0.5, 0.6) is 0 Å². The summed E-state index contributed by atoms with van der Waals surface area (Å²) in [6.45, 7) is 2.78. The third kappa shape index (κ3) is 5.29. The Bertz CT molecular complexity index is 352. The van der Waals surface area contributed by atoms with E-state index in [0.29, 0.717) is 25.9 Å². The zero-order chi connectivity index (χ0) is 13.4. The number of benzene rings is 1. The van der Waals surface area contributed by atoms with Gasteiger partial charge in [-0.05, 0) is 18.9 Å². The lowest BCUT2D eigenvalue weighted by Gasteiger charge is -2.22. The van der Waals surface area contributed by atoms with Crippen molar-refractivity contribution in [1.82, 2.24) is 4.90 Å². The number of hydrogen-bond acceptors (Lipinski definition) is 3.